The number of carboxylic acids is 1. The predicted octanol–water partition coefficient (Wildman–Crippen LogP) is 0.320. The highest BCUT2D eigenvalue weighted by molar-refractivity contribution is 5.78. The quantitative estimate of drug-likeness (QED) is 0.563. The van der Waals surface area contributed by atoms with Crippen LogP contribution in [0, 0.1) is 0 Å². The molecule has 1 saturated heterocycles. The zero-order valence-corrected chi connectivity index (χ0v) is 14.0. The van der Waals surface area contributed by atoms with Crippen LogP contribution in [0.4, 0.5) is 0 Å². The minimum Gasteiger partial charge on any atom is -0.492 e. The monoisotopic (exact) mass is 335 g/mol. The fourth-order valence-electron chi connectivity index (χ4n) is 2.76. The Morgan fingerprint density at radius 3 is 2.79 bits per heavy atom. The van der Waals surface area contributed by atoms with Crippen molar-refractivity contribution in [2.24, 2.45) is 0 Å². The number of likely N-dealkylation sites (tertiary alicyclic amines) is 1. The lowest BCUT2D eigenvalue weighted by atomic mass is 10.0. The fraction of sp³-hybridized carbons (Fsp3) is 0.529. The summed E-state index contributed by atoms with van der Waals surface area (Å²) in [4.78, 5) is 24.6. The summed E-state index contributed by atoms with van der Waals surface area (Å²) >= 11 is 0. The van der Waals surface area contributed by atoms with Crippen LogP contribution in [-0.2, 0) is 9.59 Å². The molecular weight excluding hydrogens is 310 g/mol. The summed E-state index contributed by atoms with van der Waals surface area (Å²) in [6, 6.07) is 9.46. The van der Waals surface area contributed by atoms with Crippen molar-refractivity contribution in [2.45, 2.75) is 18.9 Å². The first-order chi connectivity index (χ1) is 11.5. The van der Waals surface area contributed by atoms with Gasteiger partial charge in [-0.3, -0.25) is 14.5 Å². The van der Waals surface area contributed by atoms with Gasteiger partial charge in [0.25, 0.3) is 0 Å². The van der Waals surface area contributed by atoms with E-state index in [9.17, 15) is 9.59 Å². The number of para-hydroxylation sites is 1. The second-order valence-corrected chi connectivity index (χ2v) is 6.28. The van der Waals surface area contributed by atoms with Crippen molar-refractivity contribution in [3.05, 3.63) is 30.3 Å². The van der Waals surface area contributed by atoms with Gasteiger partial charge in [0.15, 0.2) is 0 Å². The minimum atomic E-state index is -0.870. The maximum atomic E-state index is 12.0. The molecule has 0 radical (unpaired) electrons. The Labute approximate surface area is 142 Å². The summed E-state index contributed by atoms with van der Waals surface area (Å²) in [5, 5.41) is 14.6. The Kier molecular flexibility index (Phi) is 6.57. The number of carbonyl (C=O) groups is 2. The molecule has 1 fully saturated rings. The van der Waals surface area contributed by atoms with Crippen molar-refractivity contribution in [3.63, 3.8) is 0 Å². The standard InChI is InChI=1S/C17H25N3O4/c1-17(19-11-16(22)23)7-9-20(13-17)12-15(21)18-8-10-24-14-5-3-2-4-6-14/h2-6,19H,7-13H2,1H3,(H,18,21)(H,22,23)/t17-/m1/s1. The summed E-state index contributed by atoms with van der Waals surface area (Å²) in [6.45, 7) is 4.56. The second kappa shape index (κ2) is 8.65. The molecule has 1 amide bonds. The van der Waals surface area contributed by atoms with Crippen LogP contribution < -0.4 is 15.4 Å². The Hall–Kier alpha value is -2.12. The lowest BCUT2D eigenvalue weighted by molar-refractivity contribution is -0.136. The molecule has 1 aliphatic heterocycles. The number of nitrogens with one attached hydrogen (secondary N) is 2. The van der Waals surface area contributed by atoms with Gasteiger partial charge in [-0.25, -0.2) is 0 Å². The van der Waals surface area contributed by atoms with E-state index in [1.807, 2.05) is 42.2 Å². The number of carboxylic acid groups (broad SMARTS) is 1. The molecule has 132 valence electrons. The van der Waals surface area contributed by atoms with Crippen molar-refractivity contribution in [2.75, 3.05) is 39.3 Å². The molecule has 1 atom stereocenters. The van der Waals surface area contributed by atoms with Gasteiger partial charge in [0.1, 0.15) is 12.4 Å². The Morgan fingerprint density at radius 2 is 2.08 bits per heavy atom. The minimum absolute atomic E-state index is 0.0471. The van der Waals surface area contributed by atoms with Crippen molar-refractivity contribution >= 4 is 11.9 Å². The number of amides is 1. The SMILES string of the molecule is C[C@@]1(NCC(=O)O)CCN(CC(=O)NCCOc2ccccc2)C1. The van der Waals surface area contributed by atoms with Gasteiger partial charge < -0.3 is 20.5 Å². The third kappa shape index (κ3) is 6.17. The number of hydrogen-bond acceptors (Lipinski definition) is 5. The number of carbonyl (C=O) groups excluding carboxylic acids is 1. The molecule has 2 rings (SSSR count). The molecule has 3 N–H and O–H groups in total. The van der Waals surface area contributed by atoms with E-state index >= 15 is 0 Å². The Morgan fingerprint density at radius 1 is 1.33 bits per heavy atom. The molecule has 0 saturated carbocycles. The summed E-state index contributed by atoms with van der Waals surface area (Å²) in [6.07, 6.45) is 0.824. The number of rotatable bonds is 9. The van der Waals surface area contributed by atoms with Gasteiger partial charge in [0.05, 0.1) is 19.6 Å². The highest BCUT2D eigenvalue weighted by Crippen LogP contribution is 2.20. The molecule has 1 heterocycles. The van der Waals surface area contributed by atoms with E-state index in [0.29, 0.717) is 26.2 Å². The van der Waals surface area contributed by atoms with E-state index in [4.69, 9.17) is 9.84 Å². The van der Waals surface area contributed by atoms with E-state index in [1.165, 1.54) is 0 Å². The third-order valence-electron chi connectivity index (χ3n) is 4.02. The van der Waals surface area contributed by atoms with Gasteiger partial charge in [0.2, 0.25) is 5.91 Å². The van der Waals surface area contributed by atoms with Crippen LogP contribution in [0.3, 0.4) is 0 Å². The maximum absolute atomic E-state index is 12.0. The first-order valence-corrected chi connectivity index (χ1v) is 8.11. The molecule has 1 aliphatic rings. The van der Waals surface area contributed by atoms with Crippen LogP contribution in [0.15, 0.2) is 30.3 Å². The first kappa shape index (κ1) is 18.2. The molecule has 7 nitrogen and oxygen atoms in total. The number of nitrogens with zero attached hydrogens (tertiary/aromatic N) is 1. The number of ether oxygens (including phenoxy) is 1. The summed E-state index contributed by atoms with van der Waals surface area (Å²) < 4.78 is 5.52. The number of hydrogen-bond donors (Lipinski definition) is 3. The van der Waals surface area contributed by atoms with E-state index in [0.717, 1.165) is 18.7 Å². The van der Waals surface area contributed by atoms with Gasteiger partial charge in [-0.05, 0) is 25.5 Å². The van der Waals surface area contributed by atoms with Gasteiger partial charge in [-0.15, -0.1) is 0 Å². The Bertz CT molecular complexity index is 552. The van der Waals surface area contributed by atoms with Crippen LogP contribution in [-0.4, -0.2) is 66.8 Å². The maximum Gasteiger partial charge on any atom is 0.317 e. The van der Waals surface area contributed by atoms with Crippen LogP contribution in [0.25, 0.3) is 0 Å². The molecule has 7 heteroatoms. The van der Waals surface area contributed by atoms with Crippen LogP contribution in [0.1, 0.15) is 13.3 Å². The summed E-state index contributed by atoms with van der Waals surface area (Å²) in [5.41, 5.74) is -0.255. The molecule has 1 aromatic carbocycles. The van der Waals surface area contributed by atoms with Gasteiger partial charge in [-0.1, -0.05) is 18.2 Å². The Balaban J connectivity index is 1.61. The number of aliphatic carboxylic acids is 1. The van der Waals surface area contributed by atoms with Crippen molar-refractivity contribution in [3.8, 4) is 5.75 Å². The third-order valence-corrected chi connectivity index (χ3v) is 4.02. The average molecular weight is 335 g/mol. The lowest BCUT2D eigenvalue weighted by Gasteiger charge is -2.25. The molecule has 24 heavy (non-hydrogen) atoms. The number of benzene rings is 1. The van der Waals surface area contributed by atoms with Crippen molar-refractivity contribution < 1.29 is 19.4 Å². The fourth-order valence-corrected chi connectivity index (χ4v) is 2.76. The van der Waals surface area contributed by atoms with Gasteiger partial charge in [0, 0.05) is 18.6 Å². The average Bonchev–Trinajstić information content (AvgIpc) is 2.92. The van der Waals surface area contributed by atoms with Gasteiger partial charge in [-0.2, -0.15) is 0 Å². The zero-order chi connectivity index (χ0) is 17.4. The first-order valence-electron chi connectivity index (χ1n) is 8.11. The molecule has 1 aromatic rings. The summed E-state index contributed by atoms with van der Waals surface area (Å²) in [7, 11) is 0. The molecule has 0 bridgehead atoms. The van der Waals surface area contributed by atoms with Crippen molar-refractivity contribution in [1.82, 2.24) is 15.5 Å². The molecular formula is C17H25N3O4. The highest BCUT2D eigenvalue weighted by Gasteiger charge is 2.34. The molecule has 0 aromatic heterocycles. The molecule has 0 spiro atoms. The van der Waals surface area contributed by atoms with Crippen LogP contribution in [0.5, 0.6) is 5.75 Å². The summed E-state index contributed by atoms with van der Waals surface area (Å²) in [5.74, 6) is -0.133. The molecule has 0 unspecified atom stereocenters. The van der Waals surface area contributed by atoms with E-state index in [1.54, 1.807) is 0 Å². The van der Waals surface area contributed by atoms with Gasteiger partial charge >= 0.3 is 5.97 Å². The van der Waals surface area contributed by atoms with E-state index < -0.39 is 5.97 Å². The predicted molar refractivity (Wildman–Crippen MR) is 90.0 cm³/mol. The van der Waals surface area contributed by atoms with E-state index in [-0.39, 0.29) is 18.0 Å². The normalized spacial score (nSPS) is 20.7. The largest absolute Gasteiger partial charge is 0.492 e. The zero-order valence-electron chi connectivity index (χ0n) is 14.0. The van der Waals surface area contributed by atoms with Crippen molar-refractivity contribution in [1.29, 1.82) is 0 Å². The topological polar surface area (TPSA) is 90.9 Å². The molecule has 0 aliphatic carbocycles. The lowest BCUT2D eigenvalue weighted by Crippen LogP contribution is -2.48. The van der Waals surface area contributed by atoms with Crippen LogP contribution in [0.2, 0.25) is 0 Å². The smallest absolute Gasteiger partial charge is 0.317 e. The van der Waals surface area contributed by atoms with Crippen LogP contribution >= 0.6 is 0 Å². The highest BCUT2D eigenvalue weighted by atomic mass is 16.5. The second-order valence-electron chi connectivity index (χ2n) is 6.28. The van der Waals surface area contributed by atoms with E-state index in [2.05, 4.69) is 10.6 Å².